The minimum absolute atomic E-state index is 0.0422. The van der Waals surface area contributed by atoms with E-state index in [2.05, 4.69) is 20.8 Å². The molecule has 0 heterocycles. The van der Waals surface area contributed by atoms with Gasteiger partial charge in [0.05, 0.1) is 0 Å². The Kier molecular flexibility index (Phi) is 3.75. The summed E-state index contributed by atoms with van der Waals surface area (Å²) in [5, 5.41) is 0. The van der Waals surface area contributed by atoms with Gasteiger partial charge >= 0.3 is 0 Å². The number of hydrogen-bond donors (Lipinski definition) is 0. The second kappa shape index (κ2) is 5.41. The van der Waals surface area contributed by atoms with Crippen molar-refractivity contribution in [1.29, 1.82) is 0 Å². The zero-order chi connectivity index (χ0) is 17.8. The summed E-state index contributed by atoms with van der Waals surface area (Å²) < 4.78 is 0. The smallest absolute Gasteiger partial charge is 0.181 e. The van der Waals surface area contributed by atoms with Crippen molar-refractivity contribution < 1.29 is 9.59 Å². The van der Waals surface area contributed by atoms with Crippen LogP contribution in [0.15, 0.2) is 24.3 Å². The maximum atomic E-state index is 13.4. The summed E-state index contributed by atoms with van der Waals surface area (Å²) in [7, 11) is 0. The third-order valence-corrected chi connectivity index (χ3v) is 6.15. The van der Waals surface area contributed by atoms with E-state index in [9.17, 15) is 9.59 Å². The minimum atomic E-state index is -1.07. The van der Waals surface area contributed by atoms with E-state index in [1.807, 2.05) is 32.9 Å². The van der Waals surface area contributed by atoms with Crippen molar-refractivity contribution in [2.24, 2.45) is 0 Å². The maximum absolute atomic E-state index is 13.4. The quantitative estimate of drug-likeness (QED) is 0.733. The van der Waals surface area contributed by atoms with Gasteiger partial charge in [0.25, 0.3) is 0 Å². The first-order valence-electron chi connectivity index (χ1n) is 8.55. The zero-order valence-electron chi connectivity index (χ0n) is 15.3. The summed E-state index contributed by atoms with van der Waals surface area (Å²) in [5.41, 5.74) is 6.75. The fourth-order valence-electron chi connectivity index (χ4n) is 4.31. The van der Waals surface area contributed by atoms with E-state index in [0.717, 1.165) is 16.7 Å². The van der Waals surface area contributed by atoms with E-state index in [1.165, 1.54) is 16.7 Å². The SMILES string of the molecule is CCC1(c2c(C)c(C)c(C)c(C)c2C)C(=O)c2ccccc2C1=O. The third-order valence-electron chi connectivity index (χ3n) is 6.15. The Bertz CT molecular complexity index is 823. The Morgan fingerprint density at radius 3 is 1.46 bits per heavy atom. The van der Waals surface area contributed by atoms with Gasteiger partial charge in [-0.3, -0.25) is 9.59 Å². The largest absolute Gasteiger partial charge is 0.293 e. The molecule has 1 aliphatic rings. The van der Waals surface area contributed by atoms with Crippen molar-refractivity contribution >= 4 is 11.6 Å². The highest BCUT2D eigenvalue weighted by Crippen LogP contribution is 2.46. The van der Waals surface area contributed by atoms with Crippen LogP contribution in [0.2, 0.25) is 0 Å². The van der Waals surface area contributed by atoms with Crippen LogP contribution in [0.1, 0.15) is 67.4 Å². The minimum Gasteiger partial charge on any atom is -0.293 e. The van der Waals surface area contributed by atoms with E-state index in [1.54, 1.807) is 12.1 Å². The van der Waals surface area contributed by atoms with Crippen LogP contribution in [-0.4, -0.2) is 11.6 Å². The molecule has 2 aromatic carbocycles. The van der Waals surface area contributed by atoms with E-state index in [4.69, 9.17) is 0 Å². The number of fused-ring (bicyclic) bond motifs is 1. The topological polar surface area (TPSA) is 34.1 Å². The predicted molar refractivity (Wildman–Crippen MR) is 97.2 cm³/mol. The molecule has 0 bridgehead atoms. The van der Waals surface area contributed by atoms with Crippen molar-refractivity contribution in [3.05, 3.63) is 68.8 Å². The first-order chi connectivity index (χ1) is 11.3. The molecule has 0 aliphatic heterocycles. The van der Waals surface area contributed by atoms with Crippen molar-refractivity contribution in [2.75, 3.05) is 0 Å². The van der Waals surface area contributed by atoms with E-state index in [0.29, 0.717) is 17.5 Å². The van der Waals surface area contributed by atoms with Gasteiger partial charge in [0.15, 0.2) is 11.6 Å². The lowest BCUT2D eigenvalue weighted by atomic mass is 9.68. The van der Waals surface area contributed by atoms with E-state index >= 15 is 0 Å². The molecule has 1 aliphatic carbocycles. The van der Waals surface area contributed by atoms with Crippen LogP contribution < -0.4 is 0 Å². The predicted octanol–water partition coefficient (Wildman–Crippen LogP) is 4.96. The summed E-state index contributed by atoms with van der Waals surface area (Å²) in [4.78, 5) is 26.7. The highest BCUT2D eigenvalue weighted by Gasteiger charge is 2.54. The molecule has 0 atom stereocenters. The van der Waals surface area contributed by atoms with Crippen molar-refractivity contribution in [2.45, 2.75) is 53.4 Å². The first-order valence-corrected chi connectivity index (χ1v) is 8.55. The number of Topliss-reactive ketones (excluding diaryl/α,β-unsaturated/α-hetero) is 2. The molecule has 2 nitrogen and oxygen atoms in total. The normalized spacial score (nSPS) is 15.8. The lowest BCUT2D eigenvalue weighted by molar-refractivity contribution is 0.0787. The molecule has 0 radical (unpaired) electrons. The molecule has 0 fully saturated rings. The Labute approximate surface area is 143 Å². The summed E-state index contributed by atoms with van der Waals surface area (Å²) in [6, 6.07) is 7.24. The van der Waals surface area contributed by atoms with Gasteiger partial charge in [-0.25, -0.2) is 0 Å². The Morgan fingerprint density at radius 2 is 1.08 bits per heavy atom. The van der Waals surface area contributed by atoms with Gasteiger partial charge in [-0.05, 0) is 74.4 Å². The molecule has 0 saturated carbocycles. The Hall–Kier alpha value is -2.22. The summed E-state index contributed by atoms with van der Waals surface area (Å²) in [6.07, 6.45) is 0.489. The lowest BCUT2D eigenvalue weighted by Gasteiger charge is -2.31. The number of ketones is 2. The molecule has 0 unspecified atom stereocenters. The molecular weight excluding hydrogens is 296 g/mol. The van der Waals surface area contributed by atoms with E-state index in [-0.39, 0.29) is 11.6 Å². The van der Waals surface area contributed by atoms with Crippen LogP contribution in [0.4, 0.5) is 0 Å². The van der Waals surface area contributed by atoms with Crippen molar-refractivity contribution in [1.82, 2.24) is 0 Å². The molecule has 0 saturated heterocycles. The van der Waals surface area contributed by atoms with Gasteiger partial charge in [0, 0.05) is 11.1 Å². The summed E-state index contributed by atoms with van der Waals surface area (Å²) in [5.74, 6) is -0.0843. The Balaban J connectivity index is 2.41. The van der Waals surface area contributed by atoms with Crippen LogP contribution in [0.3, 0.4) is 0 Å². The van der Waals surface area contributed by atoms with Gasteiger partial charge in [-0.2, -0.15) is 0 Å². The van der Waals surface area contributed by atoms with Gasteiger partial charge in [0.1, 0.15) is 5.41 Å². The molecule has 2 heteroatoms. The lowest BCUT2D eigenvalue weighted by Crippen LogP contribution is -2.39. The van der Waals surface area contributed by atoms with Crippen molar-refractivity contribution in [3.8, 4) is 0 Å². The standard InChI is InChI=1S/C22H24O2/c1-7-22(19-15(5)13(3)12(2)14(4)16(19)6)20(23)17-10-8-9-11-18(17)21(22)24/h8-11H,7H2,1-6H3. The van der Waals surface area contributed by atoms with Gasteiger partial charge in [-0.15, -0.1) is 0 Å². The zero-order valence-corrected chi connectivity index (χ0v) is 15.3. The van der Waals surface area contributed by atoms with Crippen LogP contribution >= 0.6 is 0 Å². The van der Waals surface area contributed by atoms with Crippen LogP contribution in [-0.2, 0) is 5.41 Å². The molecule has 3 rings (SSSR count). The number of hydrogen-bond acceptors (Lipinski definition) is 2. The van der Waals surface area contributed by atoms with Crippen LogP contribution in [0, 0.1) is 34.6 Å². The van der Waals surface area contributed by atoms with Gasteiger partial charge in [0.2, 0.25) is 0 Å². The average Bonchev–Trinajstić information content (AvgIpc) is 2.81. The second-order valence-electron chi connectivity index (χ2n) is 6.96. The summed E-state index contributed by atoms with van der Waals surface area (Å²) >= 11 is 0. The monoisotopic (exact) mass is 320 g/mol. The maximum Gasteiger partial charge on any atom is 0.181 e. The fraction of sp³-hybridized carbons (Fsp3) is 0.364. The summed E-state index contributed by atoms with van der Waals surface area (Å²) in [6.45, 7) is 12.3. The highest BCUT2D eigenvalue weighted by atomic mass is 16.2. The second-order valence-corrected chi connectivity index (χ2v) is 6.96. The number of carbonyl (C=O) groups is 2. The molecule has 24 heavy (non-hydrogen) atoms. The highest BCUT2D eigenvalue weighted by molar-refractivity contribution is 6.33. The third kappa shape index (κ3) is 1.83. The number of benzene rings is 2. The molecule has 124 valence electrons. The van der Waals surface area contributed by atoms with Gasteiger partial charge < -0.3 is 0 Å². The van der Waals surface area contributed by atoms with Gasteiger partial charge in [-0.1, -0.05) is 31.2 Å². The molecule has 0 aromatic heterocycles. The van der Waals surface area contributed by atoms with Crippen molar-refractivity contribution in [3.63, 3.8) is 0 Å². The average molecular weight is 320 g/mol. The first kappa shape index (κ1) is 16.6. The van der Waals surface area contributed by atoms with E-state index < -0.39 is 5.41 Å². The molecule has 2 aromatic rings. The molecule has 0 N–H and O–H groups in total. The number of rotatable bonds is 2. The molecule has 0 spiro atoms. The Morgan fingerprint density at radius 1 is 0.708 bits per heavy atom. The van der Waals surface area contributed by atoms with Crippen LogP contribution in [0.25, 0.3) is 0 Å². The molecular formula is C22H24O2. The molecule has 0 amide bonds. The fourth-order valence-corrected chi connectivity index (χ4v) is 4.31. The number of carbonyl (C=O) groups excluding carboxylic acids is 2. The van der Waals surface area contributed by atoms with Crippen LogP contribution in [0.5, 0.6) is 0 Å².